The van der Waals surface area contributed by atoms with E-state index < -0.39 is 0 Å². The number of anilines is 1. The molecule has 0 aromatic carbocycles. The topological polar surface area (TPSA) is 47.0 Å². The predicted octanol–water partition coefficient (Wildman–Crippen LogP) is 3.15. The zero-order valence-electron chi connectivity index (χ0n) is 9.46. The van der Waals surface area contributed by atoms with Crippen LogP contribution in [0.4, 0.5) is 5.69 Å². The highest BCUT2D eigenvalue weighted by molar-refractivity contribution is 6.33. The maximum absolute atomic E-state index is 5.89. The molecule has 1 atom stereocenters. The zero-order valence-corrected chi connectivity index (χ0v) is 11.0. The van der Waals surface area contributed by atoms with Crippen molar-refractivity contribution in [3.8, 4) is 0 Å². The largest absolute Gasteiger partial charge is 0.382 e. The first kappa shape index (κ1) is 12.9. The van der Waals surface area contributed by atoms with E-state index in [2.05, 4.69) is 15.5 Å². The molecule has 94 valence electrons. The normalized spacial score (nSPS) is 20.2. The fourth-order valence-corrected chi connectivity index (χ4v) is 2.19. The minimum atomic E-state index is 0.339. The second-order valence-corrected chi connectivity index (χ2v) is 4.82. The van der Waals surface area contributed by atoms with Crippen LogP contribution in [0.15, 0.2) is 6.07 Å². The van der Waals surface area contributed by atoms with Gasteiger partial charge in [-0.15, -0.1) is 10.2 Å². The highest BCUT2D eigenvalue weighted by Crippen LogP contribution is 2.21. The van der Waals surface area contributed by atoms with E-state index in [1.807, 2.05) is 0 Å². The van der Waals surface area contributed by atoms with Crippen molar-refractivity contribution >= 4 is 28.9 Å². The fourth-order valence-electron chi connectivity index (χ4n) is 1.88. The minimum absolute atomic E-state index is 0.339. The van der Waals surface area contributed by atoms with Gasteiger partial charge in [0.2, 0.25) is 0 Å². The maximum atomic E-state index is 5.89. The van der Waals surface area contributed by atoms with Crippen LogP contribution in [0.25, 0.3) is 0 Å². The number of nitrogens with zero attached hydrogens (tertiary/aromatic N) is 2. The van der Waals surface area contributed by atoms with E-state index in [9.17, 15) is 0 Å². The number of aromatic nitrogens is 2. The molecule has 2 rings (SSSR count). The summed E-state index contributed by atoms with van der Waals surface area (Å²) in [5, 5.41) is 11.3. The summed E-state index contributed by atoms with van der Waals surface area (Å²) in [4.78, 5) is 0. The van der Waals surface area contributed by atoms with Crippen LogP contribution in [0, 0.1) is 0 Å². The number of nitrogens with one attached hydrogen (secondary N) is 1. The molecule has 4 nitrogen and oxygen atoms in total. The Kier molecular flexibility index (Phi) is 4.83. The molecule has 2 heterocycles. The molecule has 0 aliphatic carbocycles. The van der Waals surface area contributed by atoms with E-state index in [0.717, 1.165) is 31.7 Å². The fraction of sp³-hybridized carbons (Fsp3) is 0.636. The molecule has 0 bridgehead atoms. The van der Waals surface area contributed by atoms with Gasteiger partial charge in [-0.2, -0.15) is 0 Å². The van der Waals surface area contributed by atoms with Gasteiger partial charge in [0.1, 0.15) is 0 Å². The quantitative estimate of drug-likeness (QED) is 0.917. The Bertz CT molecular complexity index is 370. The monoisotopic (exact) mass is 275 g/mol. The number of ether oxygens (including phenoxy) is 1. The van der Waals surface area contributed by atoms with Crippen LogP contribution in [-0.2, 0) is 4.74 Å². The number of halogens is 2. The Morgan fingerprint density at radius 2 is 2.24 bits per heavy atom. The van der Waals surface area contributed by atoms with Crippen LogP contribution >= 0.6 is 23.2 Å². The van der Waals surface area contributed by atoms with E-state index in [1.165, 1.54) is 12.8 Å². The Morgan fingerprint density at radius 1 is 1.35 bits per heavy atom. The van der Waals surface area contributed by atoms with Gasteiger partial charge in [0.25, 0.3) is 0 Å². The molecule has 1 aromatic rings. The van der Waals surface area contributed by atoms with E-state index in [0.29, 0.717) is 16.4 Å². The van der Waals surface area contributed by atoms with Crippen LogP contribution in [0.1, 0.15) is 25.7 Å². The SMILES string of the molecule is Clc1cc(NCCC2CCCCO2)c(Cl)nn1. The molecule has 1 aliphatic rings. The molecule has 0 amide bonds. The van der Waals surface area contributed by atoms with Gasteiger partial charge in [-0.3, -0.25) is 0 Å². The number of rotatable bonds is 4. The van der Waals surface area contributed by atoms with Crippen LogP contribution in [-0.4, -0.2) is 29.5 Å². The number of hydrogen-bond donors (Lipinski definition) is 1. The lowest BCUT2D eigenvalue weighted by atomic mass is 10.1. The van der Waals surface area contributed by atoms with Crippen molar-refractivity contribution in [2.75, 3.05) is 18.5 Å². The molecule has 0 spiro atoms. The molecule has 1 N–H and O–H groups in total. The maximum Gasteiger partial charge on any atom is 0.174 e. The summed E-state index contributed by atoms with van der Waals surface area (Å²) in [5.74, 6) is 0. The van der Waals surface area contributed by atoms with Crippen molar-refractivity contribution < 1.29 is 4.74 Å². The van der Waals surface area contributed by atoms with Crippen molar-refractivity contribution in [1.82, 2.24) is 10.2 Å². The van der Waals surface area contributed by atoms with Crippen molar-refractivity contribution in [1.29, 1.82) is 0 Å². The third-order valence-corrected chi connectivity index (χ3v) is 3.24. The Balaban J connectivity index is 1.79. The summed E-state index contributed by atoms with van der Waals surface area (Å²) < 4.78 is 5.64. The summed E-state index contributed by atoms with van der Waals surface area (Å²) >= 11 is 11.6. The van der Waals surface area contributed by atoms with E-state index in [-0.39, 0.29) is 0 Å². The van der Waals surface area contributed by atoms with Crippen molar-refractivity contribution in [3.63, 3.8) is 0 Å². The summed E-state index contributed by atoms with van der Waals surface area (Å²) in [7, 11) is 0. The molecule has 1 aromatic heterocycles. The van der Waals surface area contributed by atoms with Gasteiger partial charge < -0.3 is 10.1 Å². The van der Waals surface area contributed by atoms with Crippen molar-refractivity contribution in [2.24, 2.45) is 0 Å². The summed E-state index contributed by atoms with van der Waals surface area (Å²) in [5.41, 5.74) is 0.725. The third kappa shape index (κ3) is 3.98. The van der Waals surface area contributed by atoms with Gasteiger partial charge in [0, 0.05) is 19.2 Å². The van der Waals surface area contributed by atoms with Crippen LogP contribution in [0.2, 0.25) is 10.3 Å². The second-order valence-electron chi connectivity index (χ2n) is 4.08. The van der Waals surface area contributed by atoms with Gasteiger partial charge in [0.15, 0.2) is 10.3 Å². The average molecular weight is 276 g/mol. The first-order chi connectivity index (χ1) is 8.25. The molecule has 1 saturated heterocycles. The molecular formula is C11H15Cl2N3O. The second kappa shape index (κ2) is 6.38. The Hall–Kier alpha value is -0.580. The summed E-state index contributed by atoms with van der Waals surface area (Å²) in [6, 6.07) is 1.68. The Labute approximate surface area is 111 Å². The van der Waals surface area contributed by atoms with Gasteiger partial charge in [-0.25, -0.2) is 0 Å². The molecule has 17 heavy (non-hydrogen) atoms. The van der Waals surface area contributed by atoms with Gasteiger partial charge in [0.05, 0.1) is 11.8 Å². The van der Waals surface area contributed by atoms with Gasteiger partial charge in [-0.05, 0) is 25.7 Å². The predicted molar refractivity (Wildman–Crippen MR) is 68.7 cm³/mol. The highest BCUT2D eigenvalue weighted by Gasteiger charge is 2.13. The molecular weight excluding hydrogens is 261 g/mol. The van der Waals surface area contributed by atoms with Gasteiger partial charge >= 0.3 is 0 Å². The first-order valence-electron chi connectivity index (χ1n) is 5.80. The molecule has 1 unspecified atom stereocenters. The molecule has 6 heteroatoms. The lowest BCUT2D eigenvalue weighted by molar-refractivity contribution is 0.0134. The zero-order chi connectivity index (χ0) is 12.1. The first-order valence-corrected chi connectivity index (χ1v) is 6.55. The van der Waals surface area contributed by atoms with Crippen molar-refractivity contribution in [3.05, 3.63) is 16.4 Å². The minimum Gasteiger partial charge on any atom is -0.382 e. The average Bonchev–Trinajstić information content (AvgIpc) is 2.35. The molecule has 1 fully saturated rings. The van der Waals surface area contributed by atoms with Crippen molar-refractivity contribution in [2.45, 2.75) is 31.8 Å². The smallest absolute Gasteiger partial charge is 0.174 e. The number of hydrogen-bond acceptors (Lipinski definition) is 4. The lowest BCUT2D eigenvalue weighted by Crippen LogP contribution is -2.22. The standard InChI is InChI=1S/C11H15Cl2N3O/c12-10-7-9(11(13)16-15-10)14-5-4-8-3-1-2-6-17-8/h7-8H,1-6H2,(H,14,15). The van der Waals surface area contributed by atoms with Crippen LogP contribution in [0.3, 0.4) is 0 Å². The molecule has 0 radical (unpaired) electrons. The van der Waals surface area contributed by atoms with Crippen LogP contribution < -0.4 is 5.32 Å². The summed E-state index contributed by atoms with van der Waals surface area (Å²) in [6.45, 7) is 1.68. The van der Waals surface area contributed by atoms with Gasteiger partial charge in [-0.1, -0.05) is 23.2 Å². The third-order valence-electron chi connectivity index (χ3n) is 2.77. The lowest BCUT2D eigenvalue weighted by Gasteiger charge is -2.22. The molecule has 0 saturated carbocycles. The molecule has 1 aliphatic heterocycles. The van der Waals surface area contributed by atoms with E-state index in [1.54, 1.807) is 6.07 Å². The van der Waals surface area contributed by atoms with E-state index in [4.69, 9.17) is 27.9 Å². The highest BCUT2D eigenvalue weighted by atomic mass is 35.5. The van der Waals surface area contributed by atoms with Crippen LogP contribution in [0.5, 0.6) is 0 Å². The summed E-state index contributed by atoms with van der Waals surface area (Å²) in [6.07, 6.45) is 4.91. The Morgan fingerprint density at radius 3 is 3.00 bits per heavy atom. The van der Waals surface area contributed by atoms with E-state index >= 15 is 0 Å².